The zero-order valence-electron chi connectivity index (χ0n) is 28.4. The summed E-state index contributed by atoms with van der Waals surface area (Å²) >= 11 is 0. The van der Waals surface area contributed by atoms with Crippen LogP contribution in [0.2, 0.25) is 0 Å². The van der Waals surface area contributed by atoms with Crippen molar-refractivity contribution < 1.29 is 9.47 Å². The van der Waals surface area contributed by atoms with Crippen molar-refractivity contribution in [2.75, 3.05) is 19.8 Å². The van der Waals surface area contributed by atoms with Gasteiger partial charge in [-0.25, -0.2) is 0 Å². The van der Waals surface area contributed by atoms with E-state index in [0.717, 1.165) is 39.1 Å². The molecule has 0 amide bonds. The molecule has 242 valence electrons. The lowest BCUT2D eigenvalue weighted by atomic mass is 10.0. The average Bonchev–Trinajstić information content (AvgIpc) is 2.97. The number of hydrogen-bond acceptors (Lipinski definition) is 2. The molecule has 0 radical (unpaired) electrons. The van der Waals surface area contributed by atoms with Crippen LogP contribution in [0.1, 0.15) is 220 Å². The summed E-state index contributed by atoms with van der Waals surface area (Å²) in [6.07, 6.45) is 43.6. The number of rotatable bonds is 36. The smallest absolute Gasteiger partial charge is 0.0573 e. The standard InChI is InChI=1S/C38H78O2/c1-4-7-9-11-13-15-17-19-21-23-25-27-29-31-35-39-36-33-34-38(6-3)40-37-32-30-28-26-24-22-20-18-16-14-12-10-8-5-2/h38H,4-37H2,1-3H3. The normalized spacial score (nSPS) is 12.4. The summed E-state index contributed by atoms with van der Waals surface area (Å²) in [4.78, 5) is 0. The summed E-state index contributed by atoms with van der Waals surface area (Å²) in [6.45, 7) is 9.69. The molecular formula is C38H78O2. The molecule has 0 aromatic heterocycles. The fourth-order valence-corrected chi connectivity index (χ4v) is 5.87. The molecule has 0 aromatic carbocycles. The van der Waals surface area contributed by atoms with Gasteiger partial charge in [-0.15, -0.1) is 0 Å². The Morgan fingerprint density at radius 1 is 0.325 bits per heavy atom. The van der Waals surface area contributed by atoms with Crippen molar-refractivity contribution >= 4 is 0 Å². The van der Waals surface area contributed by atoms with E-state index >= 15 is 0 Å². The molecule has 0 spiro atoms. The maximum absolute atomic E-state index is 6.18. The largest absolute Gasteiger partial charge is 0.381 e. The Hall–Kier alpha value is -0.0800. The second-order valence-corrected chi connectivity index (χ2v) is 12.8. The van der Waals surface area contributed by atoms with Gasteiger partial charge in [0, 0.05) is 19.8 Å². The maximum Gasteiger partial charge on any atom is 0.0573 e. The van der Waals surface area contributed by atoms with Gasteiger partial charge in [-0.2, -0.15) is 0 Å². The van der Waals surface area contributed by atoms with Crippen LogP contribution in [0.3, 0.4) is 0 Å². The first-order valence-corrected chi connectivity index (χ1v) is 19.0. The summed E-state index contributed by atoms with van der Waals surface area (Å²) in [5, 5.41) is 0. The van der Waals surface area contributed by atoms with Crippen molar-refractivity contribution in [2.45, 2.75) is 226 Å². The second-order valence-electron chi connectivity index (χ2n) is 12.8. The predicted octanol–water partition coefficient (Wildman–Crippen LogP) is 13.5. The van der Waals surface area contributed by atoms with Crippen LogP contribution in [0.15, 0.2) is 0 Å². The van der Waals surface area contributed by atoms with Crippen molar-refractivity contribution in [1.29, 1.82) is 0 Å². The Morgan fingerprint density at radius 3 is 0.975 bits per heavy atom. The third-order valence-corrected chi connectivity index (χ3v) is 8.76. The molecule has 2 heteroatoms. The Morgan fingerprint density at radius 2 is 0.625 bits per heavy atom. The zero-order valence-corrected chi connectivity index (χ0v) is 28.4. The molecule has 2 nitrogen and oxygen atoms in total. The van der Waals surface area contributed by atoms with E-state index in [2.05, 4.69) is 20.8 Å². The number of unbranched alkanes of at least 4 members (excludes halogenated alkanes) is 26. The molecule has 0 aromatic rings. The van der Waals surface area contributed by atoms with E-state index in [9.17, 15) is 0 Å². The van der Waals surface area contributed by atoms with Gasteiger partial charge in [0.15, 0.2) is 0 Å². The first kappa shape index (κ1) is 39.9. The highest BCUT2D eigenvalue weighted by Gasteiger charge is 2.06. The topological polar surface area (TPSA) is 18.5 Å². The molecule has 0 rings (SSSR count). The molecule has 40 heavy (non-hydrogen) atoms. The van der Waals surface area contributed by atoms with E-state index in [4.69, 9.17) is 9.47 Å². The summed E-state index contributed by atoms with van der Waals surface area (Å²) in [5.74, 6) is 0. The third kappa shape index (κ3) is 34.1. The van der Waals surface area contributed by atoms with Crippen LogP contribution in [-0.2, 0) is 9.47 Å². The van der Waals surface area contributed by atoms with Crippen LogP contribution in [0.4, 0.5) is 0 Å². The van der Waals surface area contributed by atoms with E-state index in [0.29, 0.717) is 6.10 Å². The van der Waals surface area contributed by atoms with Gasteiger partial charge in [-0.05, 0) is 32.1 Å². The first-order chi connectivity index (χ1) is 19.8. The maximum atomic E-state index is 6.18. The number of ether oxygens (including phenoxy) is 2. The highest BCUT2D eigenvalue weighted by atomic mass is 16.5. The van der Waals surface area contributed by atoms with Crippen molar-refractivity contribution in [3.8, 4) is 0 Å². The molecule has 0 saturated carbocycles. The minimum atomic E-state index is 0.437. The van der Waals surface area contributed by atoms with Crippen molar-refractivity contribution in [1.82, 2.24) is 0 Å². The minimum Gasteiger partial charge on any atom is -0.381 e. The lowest BCUT2D eigenvalue weighted by Crippen LogP contribution is -2.14. The van der Waals surface area contributed by atoms with Gasteiger partial charge in [-0.1, -0.05) is 188 Å². The second kappa shape index (κ2) is 36.9. The van der Waals surface area contributed by atoms with Gasteiger partial charge in [0.2, 0.25) is 0 Å². The SMILES string of the molecule is CCCCCCCCCCCCCCCCOCCCC(CC)OCCCCCCCCCCCCCCCC. The quantitative estimate of drug-likeness (QED) is 0.0702. The monoisotopic (exact) mass is 567 g/mol. The fraction of sp³-hybridized carbons (Fsp3) is 1.00. The lowest BCUT2D eigenvalue weighted by molar-refractivity contribution is 0.0327. The van der Waals surface area contributed by atoms with Crippen LogP contribution < -0.4 is 0 Å². The minimum absolute atomic E-state index is 0.437. The Balaban J connectivity index is 3.24. The molecule has 0 fully saturated rings. The van der Waals surface area contributed by atoms with Gasteiger partial charge in [0.05, 0.1) is 6.10 Å². The van der Waals surface area contributed by atoms with E-state index in [1.807, 2.05) is 0 Å². The molecule has 0 saturated heterocycles. The fourth-order valence-electron chi connectivity index (χ4n) is 5.87. The molecule has 0 aliphatic heterocycles. The van der Waals surface area contributed by atoms with Gasteiger partial charge in [0.25, 0.3) is 0 Å². The summed E-state index contributed by atoms with van der Waals surface area (Å²) < 4.78 is 12.1. The Labute approximate surface area is 254 Å². The molecule has 0 aliphatic carbocycles. The predicted molar refractivity (Wildman–Crippen MR) is 181 cm³/mol. The average molecular weight is 567 g/mol. The molecule has 0 heterocycles. The van der Waals surface area contributed by atoms with Gasteiger partial charge >= 0.3 is 0 Å². The first-order valence-electron chi connectivity index (χ1n) is 19.0. The van der Waals surface area contributed by atoms with Crippen LogP contribution in [0, 0.1) is 0 Å². The Bertz CT molecular complexity index is 424. The highest BCUT2D eigenvalue weighted by molar-refractivity contribution is 4.57. The van der Waals surface area contributed by atoms with E-state index < -0.39 is 0 Å². The molecule has 0 bridgehead atoms. The van der Waals surface area contributed by atoms with E-state index in [1.165, 1.54) is 180 Å². The van der Waals surface area contributed by atoms with Crippen LogP contribution in [0.5, 0.6) is 0 Å². The van der Waals surface area contributed by atoms with Crippen LogP contribution in [-0.4, -0.2) is 25.9 Å². The van der Waals surface area contributed by atoms with Gasteiger partial charge in [0.1, 0.15) is 0 Å². The van der Waals surface area contributed by atoms with Crippen LogP contribution >= 0.6 is 0 Å². The zero-order chi connectivity index (χ0) is 29.0. The summed E-state index contributed by atoms with van der Waals surface area (Å²) in [7, 11) is 0. The van der Waals surface area contributed by atoms with Crippen molar-refractivity contribution in [3.63, 3.8) is 0 Å². The molecule has 0 N–H and O–H groups in total. The van der Waals surface area contributed by atoms with Crippen LogP contribution in [0.25, 0.3) is 0 Å². The molecule has 1 unspecified atom stereocenters. The summed E-state index contributed by atoms with van der Waals surface area (Å²) in [5.41, 5.74) is 0. The third-order valence-electron chi connectivity index (χ3n) is 8.76. The van der Waals surface area contributed by atoms with Gasteiger partial charge < -0.3 is 9.47 Å². The molecular weight excluding hydrogens is 488 g/mol. The van der Waals surface area contributed by atoms with Gasteiger partial charge in [-0.3, -0.25) is 0 Å². The molecule has 0 aliphatic rings. The van der Waals surface area contributed by atoms with Crippen molar-refractivity contribution in [3.05, 3.63) is 0 Å². The Kier molecular flexibility index (Phi) is 36.9. The van der Waals surface area contributed by atoms with E-state index in [1.54, 1.807) is 0 Å². The molecule has 1 atom stereocenters. The van der Waals surface area contributed by atoms with E-state index in [-0.39, 0.29) is 0 Å². The lowest BCUT2D eigenvalue weighted by Gasteiger charge is -2.16. The number of hydrogen-bond donors (Lipinski definition) is 0. The summed E-state index contributed by atoms with van der Waals surface area (Å²) in [6, 6.07) is 0. The highest BCUT2D eigenvalue weighted by Crippen LogP contribution is 2.15. The van der Waals surface area contributed by atoms with Crippen molar-refractivity contribution in [2.24, 2.45) is 0 Å².